The molecule has 2 aromatic rings. The Morgan fingerprint density at radius 2 is 2.03 bits per heavy atom. The predicted molar refractivity (Wildman–Crippen MR) is 107 cm³/mol. The number of nitrogens with zero attached hydrogens (tertiary/aromatic N) is 4. The lowest BCUT2D eigenvalue weighted by Crippen LogP contribution is -2.39. The maximum Gasteiger partial charge on any atom is 0.472 e. The van der Waals surface area contributed by atoms with Crippen LogP contribution in [0.3, 0.4) is 0 Å². The van der Waals surface area contributed by atoms with Gasteiger partial charge in [0.15, 0.2) is 17.7 Å². The Balaban J connectivity index is 1.51. The summed E-state index contributed by atoms with van der Waals surface area (Å²) < 4.78 is 28.9. The number of anilines is 1. The van der Waals surface area contributed by atoms with Crippen molar-refractivity contribution >= 4 is 24.8 Å². The first-order valence-corrected chi connectivity index (χ1v) is 11.9. The molecule has 11 nitrogen and oxygen atoms in total. The fourth-order valence-electron chi connectivity index (χ4n) is 3.91. The van der Waals surface area contributed by atoms with Crippen LogP contribution in [0.2, 0.25) is 0 Å². The number of nitrogens with two attached hydrogens (primary N) is 1. The molecule has 4 rings (SSSR count). The van der Waals surface area contributed by atoms with Crippen LogP contribution in [-0.2, 0) is 24.8 Å². The highest BCUT2D eigenvalue weighted by Gasteiger charge is 2.52. The van der Waals surface area contributed by atoms with Crippen LogP contribution in [0.1, 0.15) is 57.5 Å². The molecule has 2 aliphatic rings. The van der Waals surface area contributed by atoms with E-state index in [4.69, 9.17) is 19.5 Å². The Labute approximate surface area is 174 Å². The lowest BCUT2D eigenvalue weighted by atomic mass is 10.1. The van der Waals surface area contributed by atoms with Gasteiger partial charge < -0.3 is 20.5 Å². The molecule has 5 atom stereocenters. The Morgan fingerprint density at radius 3 is 2.83 bits per heavy atom. The van der Waals surface area contributed by atoms with Gasteiger partial charge in [-0.05, 0) is 6.42 Å². The van der Waals surface area contributed by atoms with E-state index in [0.29, 0.717) is 23.4 Å². The number of unbranched alkanes of at least 4 members (excludes halogenated alkanes) is 5. The molecule has 0 aliphatic carbocycles. The molecule has 1 unspecified atom stereocenters. The first-order valence-electron chi connectivity index (χ1n) is 10.4. The second-order valence-corrected chi connectivity index (χ2v) is 9.16. The summed E-state index contributed by atoms with van der Waals surface area (Å²) in [7, 11) is -4.19. The number of ether oxygens (including phenoxy) is 1. The van der Waals surface area contributed by atoms with Gasteiger partial charge in [-0.15, -0.1) is 0 Å². The quantitative estimate of drug-likeness (QED) is 0.409. The van der Waals surface area contributed by atoms with E-state index in [1.54, 1.807) is 4.57 Å². The number of nitrogen functional groups attached to an aromatic ring is 1. The van der Waals surface area contributed by atoms with Gasteiger partial charge >= 0.3 is 7.82 Å². The van der Waals surface area contributed by atoms with Gasteiger partial charge in [0.25, 0.3) is 0 Å². The normalized spacial score (nSPS) is 31.3. The summed E-state index contributed by atoms with van der Waals surface area (Å²) in [6.07, 6.45) is 5.35. The topological polar surface area (TPSA) is 155 Å². The molecule has 2 fully saturated rings. The van der Waals surface area contributed by atoms with Gasteiger partial charge in [0.2, 0.25) is 0 Å². The van der Waals surface area contributed by atoms with Gasteiger partial charge in [0.1, 0.15) is 29.7 Å². The highest BCUT2D eigenvalue weighted by molar-refractivity contribution is 7.47. The second kappa shape index (κ2) is 8.86. The van der Waals surface area contributed by atoms with Gasteiger partial charge in [0, 0.05) is 6.42 Å². The molecule has 0 aromatic carbocycles. The van der Waals surface area contributed by atoms with Crippen LogP contribution >= 0.6 is 7.82 Å². The van der Waals surface area contributed by atoms with E-state index in [1.165, 1.54) is 32.0 Å². The van der Waals surface area contributed by atoms with E-state index in [0.717, 1.165) is 12.8 Å². The number of aromatic nitrogens is 4. The summed E-state index contributed by atoms with van der Waals surface area (Å²) in [5.74, 6) is 0.880. The van der Waals surface area contributed by atoms with Crippen molar-refractivity contribution in [2.75, 3.05) is 12.3 Å². The number of aliphatic hydroxyl groups is 1. The van der Waals surface area contributed by atoms with Crippen molar-refractivity contribution in [3.8, 4) is 0 Å². The van der Waals surface area contributed by atoms with E-state index in [-0.39, 0.29) is 12.4 Å². The second-order valence-electron chi connectivity index (χ2n) is 7.76. The maximum absolute atomic E-state index is 11.7. The van der Waals surface area contributed by atoms with Crippen molar-refractivity contribution in [2.24, 2.45) is 0 Å². The Kier molecular flexibility index (Phi) is 6.38. The maximum atomic E-state index is 11.7. The predicted octanol–water partition coefficient (Wildman–Crippen LogP) is 2.09. The summed E-state index contributed by atoms with van der Waals surface area (Å²) in [6, 6.07) is 0. The molecule has 166 valence electrons. The lowest BCUT2D eigenvalue weighted by Gasteiger charge is -2.27. The van der Waals surface area contributed by atoms with E-state index in [2.05, 4.69) is 21.9 Å². The van der Waals surface area contributed by atoms with Crippen LogP contribution in [0.4, 0.5) is 5.82 Å². The fraction of sp³-hybridized carbons (Fsp3) is 0.722. The van der Waals surface area contributed by atoms with Gasteiger partial charge in [0.05, 0.1) is 12.9 Å². The van der Waals surface area contributed by atoms with Crippen molar-refractivity contribution < 1.29 is 28.3 Å². The molecule has 12 heteroatoms. The average molecular weight is 441 g/mol. The number of phosphoric ester groups is 1. The van der Waals surface area contributed by atoms with Crippen molar-refractivity contribution in [3.63, 3.8) is 0 Å². The van der Waals surface area contributed by atoms with E-state index in [9.17, 15) is 14.6 Å². The molecule has 30 heavy (non-hydrogen) atoms. The van der Waals surface area contributed by atoms with Crippen LogP contribution < -0.4 is 5.73 Å². The molecule has 4 N–H and O–H groups in total. The summed E-state index contributed by atoms with van der Waals surface area (Å²) in [4.78, 5) is 22.8. The zero-order chi connectivity index (χ0) is 21.3. The minimum absolute atomic E-state index is 0.154. The van der Waals surface area contributed by atoms with Crippen LogP contribution in [0, 0.1) is 0 Å². The van der Waals surface area contributed by atoms with Gasteiger partial charge in [-0.25, -0.2) is 19.5 Å². The first kappa shape index (κ1) is 21.6. The van der Waals surface area contributed by atoms with Gasteiger partial charge in [-0.3, -0.25) is 13.6 Å². The summed E-state index contributed by atoms with van der Waals surface area (Å²) in [5.41, 5.74) is 6.94. The summed E-state index contributed by atoms with van der Waals surface area (Å²) >= 11 is 0. The number of imidazole rings is 1. The Bertz CT molecular complexity index is 939. The molecule has 2 aliphatic heterocycles. The van der Waals surface area contributed by atoms with Gasteiger partial charge in [-0.1, -0.05) is 39.0 Å². The number of fused-ring (bicyclic) bond motifs is 2. The third kappa shape index (κ3) is 4.37. The van der Waals surface area contributed by atoms with Crippen LogP contribution in [-0.4, -0.2) is 54.4 Å². The third-order valence-electron chi connectivity index (χ3n) is 5.49. The molecule has 0 radical (unpaired) electrons. The Morgan fingerprint density at radius 1 is 1.27 bits per heavy atom. The Hall–Kier alpha value is -1.62. The molecule has 2 aromatic heterocycles. The number of hydrogen-bond donors (Lipinski definition) is 3. The number of phosphoric acid groups is 1. The minimum atomic E-state index is -4.19. The molecular weight excluding hydrogens is 413 g/mol. The first-order chi connectivity index (χ1) is 14.4. The molecular formula is C18H28N5O6P. The van der Waals surface area contributed by atoms with Crippen LogP contribution in [0.25, 0.3) is 11.2 Å². The number of aryl methyl sites for hydroxylation is 1. The molecule has 0 amide bonds. The lowest BCUT2D eigenvalue weighted by molar-refractivity contribution is -0.0664. The number of hydrogen-bond acceptors (Lipinski definition) is 9. The monoisotopic (exact) mass is 441 g/mol. The third-order valence-corrected chi connectivity index (χ3v) is 6.47. The van der Waals surface area contributed by atoms with Crippen LogP contribution in [0.5, 0.6) is 0 Å². The highest BCUT2D eigenvalue weighted by Crippen LogP contribution is 2.52. The molecule has 4 heterocycles. The summed E-state index contributed by atoms with van der Waals surface area (Å²) in [5, 5.41) is 10.7. The fourth-order valence-corrected chi connectivity index (χ4v) is 4.88. The van der Waals surface area contributed by atoms with E-state index in [1.807, 2.05) is 0 Å². The van der Waals surface area contributed by atoms with Crippen molar-refractivity contribution in [3.05, 3.63) is 12.2 Å². The molecule has 0 bridgehead atoms. The number of aliphatic hydroxyl groups excluding tert-OH is 1. The zero-order valence-electron chi connectivity index (χ0n) is 16.9. The smallest absolute Gasteiger partial charge is 0.386 e. The minimum Gasteiger partial charge on any atom is -0.386 e. The van der Waals surface area contributed by atoms with E-state index >= 15 is 0 Å². The van der Waals surface area contributed by atoms with Gasteiger partial charge in [-0.2, -0.15) is 0 Å². The highest BCUT2D eigenvalue weighted by atomic mass is 31.2. The standard InChI is InChI=1S/C18H28N5O6P/c1-2-3-4-5-6-7-8-12-21-16(19)13-17(22-12)23(10-20-13)18-14(24)15-11(28-18)9-27-30(25,26)29-15/h10-11,14-15,18,24H,2-9H2,1H3,(H,25,26)(H2,19,21,22)/t11-,14-,15-,18-/m1/s1. The van der Waals surface area contributed by atoms with Crippen molar-refractivity contribution in [1.82, 2.24) is 19.5 Å². The zero-order valence-corrected chi connectivity index (χ0v) is 17.8. The molecule has 2 saturated heterocycles. The largest absolute Gasteiger partial charge is 0.472 e. The molecule has 0 spiro atoms. The van der Waals surface area contributed by atoms with Crippen LogP contribution in [0.15, 0.2) is 6.33 Å². The van der Waals surface area contributed by atoms with Crippen molar-refractivity contribution in [2.45, 2.75) is 76.4 Å². The SMILES string of the molecule is CCCCCCCCc1nc(N)c2ncn([C@@H]3O[C@@H]4COP(=O)(O)O[C@H]4[C@H]3O)c2n1. The molecule has 0 saturated carbocycles. The summed E-state index contributed by atoms with van der Waals surface area (Å²) in [6.45, 7) is 2.04. The van der Waals surface area contributed by atoms with Crippen molar-refractivity contribution in [1.29, 1.82) is 0 Å². The number of rotatable bonds is 8. The van der Waals surface area contributed by atoms with E-state index < -0.39 is 32.4 Å². The average Bonchev–Trinajstić information content (AvgIpc) is 3.25.